The van der Waals surface area contributed by atoms with Gasteiger partial charge in [-0.15, -0.1) is 0 Å². The highest BCUT2D eigenvalue weighted by Gasteiger charge is 2.43. The van der Waals surface area contributed by atoms with E-state index in [1.54, 1.807) is 13.8 Å². The number of aliphatic carboxylic acids is 1. The largest absolute Gasteiger partial charge is 0.481 e. The number of esters is 1. The van der Waals surface area contributed by atoms with Crippen molar-refractivity contribution >= 4 is 17.8 Å². The van der Waals surface area contributed by atoms with Crippen molar-refractivity contribution in [1.82, 2.24) is 5.32 Å². The molecule has 6 nitrogen and oxygen atoms in total. The maximum atomic E-state index is 12.1. The second kappa shape index (κ2) is 6.72. The van der Waals surface area contributed by atoms with Crippen molar-refractivity contribution in [1.29, 1.82) is 0 Å². The molecule has 20 heavy (non-hydrogen) atoms. The van der Waals surface area contributed by atoms with Gasteiger partial charge in [0.15, 0.2) is 0 Å². The fraction of sp³-hybridized carbons (Fsp3) is 0.786. The molecule has 0 heterocycles. The number of amides is 1. The zero-order chi connectivity index (χ0) is 15.3. The molecule has 114 valence electrons. The number of carboxylic acid groups (broad SMARTS) is 1. The summed E-state index contributed by atoms with van der Waals surface area (Å²) in [5.74, 6) is -1.96. The van der Waals surface area contributed by atoms with Gasteiger partial charge in [0.05, 0.1) is 12.5 Å². The van der Waals surface area contributed by atoms with Crippen molar-refractivity contribution in [2.75, 3.05) is 7.11 Å². The van der Waals surface area contributed by atoms with E-state index in [2.05, 4.69) is 10.1 Å². The van der Waals surface area contributed by atoms with Crippen LogP contribution in [0.15, 0.2) is 0 Å². The zero-order valence-corrected chi connectivity index (χ0v) is 12.3. The topological polar surface area (TPSA) is 92.7 Å². The van der Waals surface area contributed by atoms with Crippen LogP contribution < -0.4 is 5.32 Å². The Morgan fingerprint density at radius 3 is 2.20 bits per heavy atom. The smallest absolute Gasteiger partial charge is 0.328 e. The van der Waals surface area contributed by atoms with Gasteiger partial charge in [0, 0.05) is 6.42 Å². The quantitative estimate of drug-likeness (QED) is 0.718. The molecule has 6 heteroatoms. The van der Waals surface area contributed by atoms with Gasteiger partial charge in [0.2, 0.25) is 5.91 Å². The van der Waals surface area contributed by atoms with Gasteiger partial charge in [-0.25, -0.2) is 4.79 Å². The minimum absolute atomic E-state index is 0.0808. The first-order valence-electron chi connectivity index (χ1n) is 6.93. The summed E-state index contributed by atoms with van der Waals surface area (Å²) in [5.41, 5.74) is -0.971. The van der Waals surface area contributed by atoms with Gasteiger partial charge in [0.1, 0.15) is 6.04 Å². The lowest BCUT2D eigenvalue weighted by atomic mass is 9.82. The van der Waals surface area contributed by atoms with Gasteiger partial charge in [-0.05, 0) is 18.8 Å². The highest BCUT2D eigenvalue weighted by Crippen LogP contribution is 2.41. The fourth-order valence-electron chi connectivity index (χ4n) is 2.67. The fourth-order valence-corrected chi connectivity index (χ4v) is 2.67. The van der Waals surface area contributed by atoms with Crippen LogP contribution in [0.2, 0.25) is 0 Å². The number of carbonyl (C=O) groups is 3. The molecule has 1 aliphatic rings. The summed E-state index contributed by atoms with van der Waals surface area (Å²) in [7, 11) is 1.26. The lowest BCUT2D eigenvalue weighted by Crippen LogP contribution is -2.47. The van der Waals surface area contributed by atoms with E-state index < -0.39 is 29.3 Å². The second-order valence-electron chi connectivity index (χ2n) is 5.78. The molecular weight excluding hydrogens is 262 g/mol. The number of hydrogen-bond acceptors (Lipinski definition) is 4. The molecule has 1 atom stereocenters. The molecule has 0 spiro atoms. The van der Waals surface area contributed by atoms with Crippen LogP contribution in [-0.4, -0.2) is 36.1 Å². The van der Waals surface area contributed by atoms with Crippen molar-refractivity contribution in [2.24, 2.45) is 11.3 Å². The number of methoxy groups -OCH3 is 1. The number of hydrogen-bond donors (Lipinski definition) is 2. The monoisotopic (exact) mass is 285 g/mol. The van der Waals surface area contributed by atoms with Crippen molar-refractivity contribution in [3.63, 3.8) is 0 Å². The van der Waals surface area contributed by atoms with Crippen LogP contribution in [-0.2, 0) is 19.1 Å². The minimum atomic E-state index is -0.971. The van der Waals surface area contributed by atoms with Crippen LogP contribution in [0.4, 0.5) is 0 Å². The molecule has 1 saturated carbocycles. The average Bonchev–Trinajstić information content (AvgIpc) is 2.84. The molecule has 0 aromatic rings. The molecule has 0 saturated heterocycles. The molecule has 0 bridgehead atoms. The Hall–Kier alpha value is -1.59. The molecule has 0 aromatic carbocycles. The van der Waals surface area contributed by atoms with Crippen molar-refractivity contribution in [3.8, 4) is 0 Å². The normalized spacial score (nSPS) is 18.6. The van der Waals surface area contributed by atoms with Crippen LogP contribution in [0, 0.1) is 11.3 Å². The molecule has 2 N–H and O–H groups in total. The van der Waals surface area contributed by atoms with Gasteiger partial charge >= 0.3 is 11.9 Å². The summed E-state index contributed by atoms with van der Waals surface area (Å²) < 4.78 is 4.65. The molecular formula is C14H23NO5. The van der Waals surface area contributed by atoms with E-state index in [1.165, 1.54) is 7.11 Å². The molecule has 0 radical (unpaired) electrons. The second-order valence-corrected chi connectivity index (χ2v) is 5.78. The van der Waals surface area contributed by atoms with Gasteiger partial charge in [-0.2, -0.15) is 0 Å². The number of carboxylic acids is 1. The maximum Gasteiger partial charge on any atom is 0.328 e. The van der Waals surface area contributed by atoms with E-state index in [0.29, 0.717) is 12.8 Å². The first-order chi connectivity index (χ1) is 9.32. The Labute approximate surface area is 118 Å². The summed E-state index contributed by atoms with van der Waals surface area (Å²) >= 11 is 0. The molecule has 1 amide bonds. The Morgan fingerprint density at radius 1 is 1.25 bits per heavy atom. The highest BCUT2D eigenvalue weighted by atomic mass is 16.5. The standard InChI is InChI=1S/C14H23NO5/c1-9(2)11(12(17)20-3)15-10(16)8-14(13(18)19)6-4-5-7-14/h9,11H,4-8H2,1-3H3,(H,15,16)(H,18,19). The maximum absolute atomic E-state index is 12.1. The van der Waals surface area contributed by atoms with Crippen molar-refractivity contribution < 1.29 is 24.2 Å². The summed E-state index contributed by atoms with van der Waals surface area (Å²) in [6, 6.07) is -0.736. The lowest BCUT2D eigenvalue weighted by Gasteiger charge is -2.25. The first-order valence-corrected chi connectivity index (χ1v) is 6.93. The van der Waals surface area contributed by atoms with E-state index >= 15 is 0 Å². The van der Waals surface area contributed by atoms with E-state index in [1.807, 2.05) is 0 Å². The van der Waals surface area contributed by atoms with Crippen LogP contribution in [0.1, 0.15) is 46.0 Å². The van der Waals surface area contributed by atoms with Crippen LogP contribution in [0.3, 0.4) is 0 Å². The van der Waals surface area contributed by atoms with Crippen molar-refractivity contribution in [2.45, 2.75) is 52.0 Å². The Bertz CT molecular complexity index is 385. The van der Waals surface area contributed by atoms with E-state index in [0.717, 1.165) is 12.8 Å². The lowest BCUT2D eigenvalue weighted by molar-refractivity contribution is -0.152. The first kappa shape index (κ1) is 16.5. The van der Waals surface area contributed by atoms with E-state index in [9.17, 15) is 19.5 Å². The van der Waals surface area contributed by atoms with Gasteiger partial charge in [-0.1, -0.05) is 26.7 Å². The predicted molar refractivity (Wildman–Crippen MR) is 71.9 cm³/mol. The summed E-state index contributed by atoms with van der Waals surface area (Å²) in [6.45, 7) is 3.59. The Kier molecular flexibility index (Phi) is 5.53. The summed E-state index contributed by atoms with van der Waals surface area (Å²) in [4.78, 5) is 35.0. The molecule has 0 aliphatic heterocycles. The molecule has 1 fully saturated rings. The number of ether oxygens (including phenoxy) is 1. The molecule has 0 aromatic heterocycles. The van der Waals surface area contributed by atoms with Gasteiger partial charge in [0.25, 0.3) is 0 Å². The molecule has 1 aliphatic carbocycles. The highest BCUT2D eigenvalue weighted by molar-refractivity contribution is 5.88. The zero-order valence-electron chi connectivity index (χ0n) is 12.3. The average molecular weight is 285 g/mol. The van der Waals surface area contributed by atoms with Gasteiger partial charge in [-0.3, -0.25) is 9.59 Å². The number of nitrogens with one attached hydrogen (secondary N) is 1. The molecule has 1 unspecified atom stereocenters. The van der Waals surface area contributed by atoms with Gasteiger partial charge < -0.3 is 15.2 Å². The van der Waals surface area contributed by atoms with Crippen LogP contribution in [0.5, 0.6) is 0 Å². The Morgan fingerprint density at radius 2 is 1.80 bits per heavy atom. The minimum Gasteiger partial charge on any atom is -0.481 e. The van der Waals surface area contributed by atoms with E-state index in [-0.39, 0.29) is 12.3 Å². The van der Waals surface area contributed by atoms with E-state index in [4.69, 9.17) is 0 Å². The number of carbonyl (C=O) groups excluding carboxylic acids is 2. The summed E-state index contributed by atoms with van der Waals surface area (Å²) in [5, 5.41) is 11.9. The van der Waals surface area contributed by atoms with Crippen LogP contribution in [0.25, 0.3) is 0 Å². The van der Waals surface area contributed by atoms with Crippen LogP contribution >= 0.6 is 0 Å². The summed E-state index contributed by atoms with van der Waals surface area (Å²) in [6.07, 6.45) is 2.59. The predicted octanol–water partition coefficient (Wildman–Crippen LogP) is 1.34. The Balaban J connectivity index is 2.70. The third-order valence-electron chi connectivity index (χ3n) is 3.95. The third kappa shape index (κ3) is 3.71. The van der Waals surface area contributed by atoms with Crippen molar-refractivity contribution in [3.05, 3.63) is 0 Å². The number of rotatable bonds is 6. The SMILES string of the molecule is COC(=O)C(NC(=O)CC1(C(=O)O)CCCC1)C(C)C. The molecule has 1 rings (SSSR count). The third-order valence-corrected chi connectivity index (χ3v) is 3.95.